The van der Waals surface area contributed by atoms with Crippen LogP contribution in [0.2, 0.25) is 0 Å². The highest BCUT2D eigenvalue weighted by atomic mass is 16.5. The predicted molar refractivity (Wildman–Crippen MR) is 127 cm³/mol. The minimum Gasteiger partial charge on any atom is -0.497 e. The van der Waals surface area contributed by atoms with Crippen LogP contribution < -0.4 is 14.8 Å². The number of hydrogen-bond acceptors (Lipinski definition) is 4. The number of hydrogen-bond donors (Lipinski definition) is 1. The quantitative estimate of drug-likeness (QED) is 0.576. The van der Waals surface area contributed by atoms with E-state index in [1.165, 1.54) is 12.8 Å². The van der Waals surface area contributed by atoms with Crippen molar-refractivity contribution >= 4 is 5.91 Å². The van der Waals surface area contributed by atoms with Crippen molar-refractivity contribution in [3.05, 3.63) is 65.9 Å². The molecule has 0 unspecified atom stereocenters. The number of carbonyl (C=O) groups excluding carboxylic acids is 1. The summed E-state index contributed by atoms with van der Waals surface area (Å²) in [4.78, 5) is 15.5. The molecule has 1 saturated heterocycles. The zero-order valence-corrected chi connectivity index (χ0v) is 19.1. The first kappa shape index (κ1) is 22.0. The maximum Gasteiger partial charge on any atom is 0.253 e. The largest absolute Gasteiger partial charge is 0.497 e. The van der Waals surface area contributed by atoms with Gasteiger partial charge in [0.25, 0.3) is 5.91 Å². The fraction of sp³-hybridized carbons (Fsp3) is 0.346. The Hall–Kier alpha value is -3.25. The smallest absolute Gasteiger partial charge is 0.253 e. The third-order valence-electron chi connectivity index (χ3n) is 6.10. The zero-order valence-electron chi connectivity index (χ0n) is 19.1. The van der Waals surface area contributed by atoms with Crippen molar-refractivity contribution in [1.82, 2.24) is 14.8 Å². The lowest BCUT2D eigenvalue weighted by Gasteiger charge is -2.15. The second-order valence-electron chi connectivity index (χ2n) is 8.10. The van der Waals surface area contributed by atoms with E-state index >= 15 is 0 Å². The van der Waals surface area contributed by atoms with E-state index in [2.05, 4.69) is 14.8 Å². The van der Waals surface area contributed by atoms with Crippen molar-refractivity contribution in [1.29, 1.82) is 0 Å². The van der Waals surface area contributed by atoms with Crippen molar-refractivity contribution in [2.45, 2.75) is 19.8 Å². The number of methoxy groups -OCH3 is 2. The summed E-state index contributed by atoms with van der Waals surface area (Å²) in [6.07, 6.45) is 2.50. The lowest BCUT2D eigenvalue weighted by molar-refractivity contribution is 0.0949. The fourth-order valence-corrected chi connectivity index (χ4v) is 4.32. The van der Waals surface area contributed by atoms with Gasteiger partial charge in [0.05, 0.1) is 25.5 Å². The summed E-state index contributed by atoms with van der Waals surface area (Å²) in [5, 5.41) is 3.11. The van der Waals surface area contributed by atoms with Gasteiger partial charge in [0, 0.05) is 30.5 Å². The number of carbonyl (C=O) groups is 1. The van der Waals surface area contributed by atoms with Crippen LogP contribution in [0, 0.1) is 6.92 Å². The Labute approximate surface area is 189 Å². The molecule has 1 aromatic heterocycles. The summed E-state index contributed by atoms with van der Waals surface area (Å²) in [6.45, 7) is 5.79. The molecular weight excluding hydrogens is 402 g/mol. The summed E-state index contributed by atoms with van der Waals surface area (Å²) in [5.41, 5.74) is 4.47. The van der Waals surface area contributed by atoms with E-state index < -0.39 is 0 Å². The molecule has 6 nitrogen and oxygen atoms in total. The SMILES string of the molecule is COc1ccc(-c2cc(C(=O)NCCN3CCCC3)c(C)n2-c2cccc(OC)c2)cc1. The van der Waals surface area contributed by atoms with Gasteiger partial charge in [-0.3, -0.25) is 4.79 Å². The first-order chi connectivity index (χ1) is 15.6. The molecule has 0 radical (unpaired) electrons. The molecule has 2 heterocycles. The number of amides is 1. The Morgan fingerprint density at radius 1 is 0.969 bits per heavy atom. The molecular formula is C26H31N3O3. The molecule has 1 fully saturated rings. The molecule has 0 aliphatic carbocycles. The molecule has 168 valence electrons. The molecule has 6 heteroatoms. The standard InChI is InChI=1S/C26H31N3O3/c1-19-24(26(30)27-13-16-28-14-4-5-15-28)18-25(20-9-11-22(31-2)12-10-20)29(19)21-7-6-8-23(17-21)32-3/h6-12,17-18H,4-5,13-16H2,1-3H3,(H,27,30). The van der Waals surface area contributed by atoms with Crippen molar-refractivity contribution in [3.63, 3.8) is 0 Å². The monoisotopic (exact) mass is 433 g/mol. The number of benzene rings is 2. The van der Waals surface area contributed by atoms with Crippen molar-refractivity contribution in [3.8, 4) is 28.4 Å². The summed E-state index contributed by atoms with van der Waals surface area (Å²) >= 11 is 0. The van der Waals surface area contributed by atoms with E-state index in [9.17, 15) is 4.79 Å². The maximum atomic E-state index is 13.1. The zero-order chi connectivity index (χ0) is 22.5. The van der Waals surface area contributed by atoms with Crippen molar-refractivity contribution in [2.24, 2.45) is 0 Å². The molecule has 0 atom stereocenters. The van der Waals surface area contributed by atoms with Gasteiger partial charge in [-0.2, -0.15) is 0 Å². The Balaban J connectivity index is 1.67. The second-order valence-corrected chi connectivity index (χ2v) is 8.10. The summed E-state index contributed by atoms with van der Waals surface area (Å²) < 4.78 is 12.9. The minimum atomic E-state index is -0.0434. The van der Waals surface area contributed by atoms with E-state index in [-0.39, 0.29) is 5.91 Å². The van der Waals surface area contributed by atoms with Crippen LogP contribution in [0.4, 0.5) is 0 Å². The van der Waals surface area contributed by atoms with Gasteiger partial charge in [-0.1, -0.05) is 6.07 Å². The summed E-state index contributed by atoms with van der Waals surface area (Å²) in [7, 11) is 3.31. The highest BCUT2D eigenvalue weighted by Gasteiger charge is 2.20. The highest BCUT2D eigenvalue weighted by Crippen LogP contribution is 2.31. The molecule has 4 rings (SSSR count). The molecule has 0 bridgehead atoms. The fourth-order valence-electron chi connectivity index (χ4n) is 4.32. The Bertz CT molecular complexity index is 1070. The normalized spacial score (nSPS) is 13.8. The molecule has 1 aliphatic rings. The molecule has 1 aliphatic heterocycles. The molecule has 1 amide bonds. The predicted octanol–water partition coefficient (Wildman–Crippen LogP) is 4.30. The number of nitrogens with one attached hydrogen (secondary N) is 1. The van der Waals surface area contributed by atoms with Crippen LogP contribution in [-0.4, -0.2) is 55.8 Å². The average Bonchev–Trinajstić information content (AvgIpc) is 3.47. The van der Waals surface area contributed by atoms with Crippen LogP contribution in [-0.2, 0) is 0 Å². The average molecular weight is 434 g/mol. The van der Waals surface area contributed by atoms with E-state index in [0.29, 0.717) is 12.1 Å². The first-order valence-corrected chi connectivity index (χ1v) is 11.1. The van der Waals surface area contributed by atoms with E-state index in [0.717, 1.165) is 53.8 Å². The van der Waals surface area contributed by atoms with Gasteiger partial charge < -0.3 is 24.3 Å². The molecule has 1 N–H and O–H groups in total. The maximum absolute atomic E-state index is 13.1. The van der Waals surface area contributed by atoms with Gasteiger partial charge in [-0.25, -0.2) is 0 Å². The number of aromatic nitrogens is 1. The molecule has 0 spiro atoms. The van der Waals surface area contributed by atoms with Crippen molar-refractivity contribution < 1.29 is 14.3 Å². The summed E-state index contributed by atoms with van der Waals surface area (Å²) in [6, 6.07) is 17.8. The van der Waals surface area contributed by atoms with E-state index in [1.807, 2.05) is 61.5 Å². The molecule has 3 aromatic rings. The van der Waals surface area contributed by atoms with Gasteiger partial charge in [0.15, 0.2) is 0 Å². The third-order valence-corrected chi connectivity index (χ3v) is 6.10. The third kappa shape index (κ3) is 4.65. The van der Waals surface area contributed by atoms with Crippen LogP contribution in [0.3, 0.4) is 0 Å². The molecule has 32 heavy (non-hydrogen) atoms. The van der Waals surface area contributed by atoms with Crippen LogP contribution >= 0.6 is 0 Å². The van der Waals surface area contributed by atoms with Gasteiger partial charge >= 0.3 is 0 Å². The molecule has 0 saturated carbocycles. The first-order valence-electron chi connectivity index (χ1n) is 11.1. The van der Waals surface area contributed by atoms with E-state index in [1.54, 1.807) is 14.2 Å². The van der Waals surface area contributed by atoms with Gasteiger partial charge in [0.2, 0.25) is 0 Å². The van der Waals surface area contributed by atoms with Crippen LogP contribution in [0.25, 0.3) is 16.9 Å². The number of rotatable bonds is 8. The van der Waals surface area contributed by atoms with Crippen LogP contribution in [0.5, 0.6) is 11.5 Å². The topological polar surface area (TPSA) is 55.7 Å². The summed E-state index contributed by atoms with van der Waals surface area (Å²) in [5.74, 6) is 1.52. The minimum absolute atomic E-state index is 0.0434. The Morgan fingerprint density at radius 3 is 2.38 bits per heavy atom. The lowest BCUT2D eigenvalue weighted by atomic mass is 10.1. The lowest BCUT2D eigenvalue weighted by Crippen LogP contribution is -2.33. The Kier molecular flexibility index (Phi) is 6.81. The number of nitrogens with zero attached hydrogens (tertiary/aromatic N) is 2. The van der Waals surface area contributed by atoms with Gasteiger partial charge in [0.1, 0.15) is 11.5 Å². The van der Waals surface area contributed by atoms with Crippen LogP contribution in [0.15, 0.2) is 54.6 Å². The molecule has 2 aromatic carbocycles. The number of likely N-dealkylation sites (tertiary alicyclic amines) is 1. The van der Waals surface area contributed by atoms with E-state index in [4.69, 9.17) is 9.47 Å². The second kappa shape index (κ2) is 9.92. The van der Waals surface area contributed by atoms with Gasteiger partial charge in [-0.15, -0.1) is 0 Å². The van der Waals surface area contributed by atoms with Crippen LogP contribution in [0.1, 0.15) is 28.9 Å². The Morgan fingerprint density at radius 2 is 1.69 bits per heavy atom. The van der Waals surface area contributed by atoms with Gasteiger partial charge in [-0.05, 0) is 80.9 Å². The van der Waals surface area contributed by atoms with Crippen molar-refractivity contribution in [2.75, 3.05) is 40.4 Å². The highest BCUT2D eigenvalue weighted by molar-refractivity contribution is 5.97. The number of ether oxygens (including phenoxy) is 2.